The predicted octanol–water partition coefficient (Wildman–Crippen LogP) is 3.78. The van der Waals surface area contributed by atoms with Crippen LogP contribution in [0.1, 0.15) is 34.8 Å². The average molecular weight is 395 g/mol. The minimum absolute atomic E-state index is 0.00298. The highest BCUT2D eigenvalue weighted by Gasteiger charge is 2.36. The van der Waals surface area contributed by atoms with E-state index in [1.54, 1.807) is 26.8 Å². The Balaban J connectivity index is 1.79. The minimum Gasteiger partial charge on any atom is -0.324 e. The number of anilines is 1. The molecule has 0 aliphatic rings. The van der Waals surface area contributed by atoms with E-state index in [0.717, 1.165) is 10.1 Å². The quantitative estimate of drug-likeness (QED) is 0.683. The summed E-state index contributed by atoms with van der Waals surface area (Å²) in [4.78, 5) is 19.6. The highest BCUT2D eigenvalue weighted by Crippen LogP contribution is 2.27. The van der Waals surface area contributed by atoms with Gasteiger partial charge in [-0.25, -0.2) is 13.9 Å². The zero-order valence-electron chi connectivity index (χ0n) is 15.4. The predicted molar refractivity (Wildman–Crippen MR) is 93.3 cm³/mol. The van der Waals surface area contributed by atoms with Gasteiger partial charge in [-0.05, 0) is 50.5 Å². The van der Waals surface area contributed by atoms with Gasteiger partial charge < -0.3 is 5.32 Å². The van der Waals surface area contributed by atoms with E-state index in [1.165, 1.54) is 12.1 Å². The molecule has 0 aliphatic heterocycles. The van der Waals surface area contributed by atoms with Crippen molar-refractivity contribution in [3.05, 3.63) is 52.4 Å². The Morgan fingerprint density at radius 1 is 1.18 bits per heavy atom. The third-order valence-corrected chi connectivity index (χ3v) is 4.30. The molecule has 0 unspecified atom stereocenters. The number of fused-ring (bicyclic) bond motifs is 1. The zero-order chi connectivity index (χ0) is 20.6. The van der Waals surface area contributed by atoms with Crippen molar-refractivity contribution in [2.45, 2.75) is 39.8 Å². The van der Waals surface area contributed by atoms with E-state index in [4.69, 9.17) is 0 Å². The lowest BCUT2D eigenvalue weighted by Crippen LogP contribution is -2.15. The fourth-order valence-corrected chi connectivity index (χ4v) is 2.86. The topological polar surface area (TPSA) is 72.2 Å². The van der Waals surface area contributed by atoms with Crippen LogP contribution in [0.2, 0.25) is 0 Å². The molecule has 2 aromatic heterocycles. The number of aryl methyl sites for hydroxylation is 3. The number of halogens is 4. The molecule has 2 heterocycles. The number of alkyl halides is 3. The van der Waals surface area contributed by atoms with Crippen LogP contribution < -0.4 is 5.32 Å². The second kappa shape index (κ2) is 7.17. The van der Waals surface area contributed by atoms with Gasteiger partial charge in [-0.2, -0.15) is 18.2 Å². The first kappa shape index (κ1) is 19.7. The monoisotopic (exact) mass is 395 g/mol. The molecule has 148 valence electrons. The Labute approximate surface area is 157 Å². The smallest absolute Gasteiger partial charge is 0.324 e. The highest BCUT2D eigenvalue weighted by atomic mass is 19.4. The molecule has 3 aromatic rings. The number of carbonyl (C=O) groups excluding carboxylic acids is 1. The van der Waals surface area contributed by atoms with Gasteiger partial charge in [0.15, 0.2) is 0 Å². The molecule has 3 rings (SSSR count). The van der Waals surface area contributed by atoms with Crippen LogP contribution in [0.15, 0.2) is 18.2 Å². The summed E-state index contributed by atoms with van der Waals surface area (Å²) in [5, 5.41) is 5.96. The molecule has 1 aromatic carbocycles. The van der Waals surface area contributed by atoms with Crippen molar-refractivity contribution in [2.24, 2.45) is 0 Å². The van der Waals surface area contributed by atoms with Crippen molar-refractivity contribution in [1.82, 2.24) is 19.6 Å². The fourth-order valence-electron chi connectivity index (χ4n) is 2.86. The number of rotatable bonds is 4. The summed E-state index contributed by atoms with van der Waals surface area (Å²) < 4.78 is 53.3. The SMILES string of the molecule is Cc1ccc(NC(=O)CCc2c(C)nc3nc(C(F)(F)F)nn3c2C)c(F)c1. The summed E-state index contributed by atoms with van der Waals surface area (Å²) in [5.41, 5.74) is 2.27. The van der Waals surface area contributed by atoms with Gasteiger partial charge in [0.2, 0.25) is 5.91 Å². The Morgan fingerprint density at radius 2 is 1.89 bits per heavy atom. The molecule has 0 spiro atoms. The molecular formula is C18H17F4N5O. The average Bonchev–Trinajstić information content (AvgIpc) is 3.01. The fraction of sp³-hybridized carbons (Fsp3) is 0.333. The number of nitrogens with one attached hydrogen (secondary N) is 1. The molecule has 1 amide bonds. The molecule has 10 heteroatoms. The third-order valence-electron chi connectivity index (χ3n) is 4.30. The zero-order valence-corrected chi connectivity index (χ0v) is 15.4. The summed E-state index contributed by atoms with van der Waals surface area (Å²) in [5.74, 6) is -2.38. The number of hydrogen-bond acceptors (Lipinski definition) is 4. The Bertz CT molecular complexity index is 1060. The molecule has 1 N–H and O–H groups in total. The summed E-state index contributed by atoms with van der Waals surface area (Å²) >= 11 is 0. The molecule has 0 bridgehead atoms. The lowest BCUT2D eigenvalue weighted by atomic mass is 10.1. The number of aromatic nitrogens is 4. The van der Waals surface area contributed by atoms with Gasteiger partial charge in [-0.15, -0.1) is 5.10 Å². The van der Waals surface area contributed by atoms with Gasteiger partial charge in [0.25, 0.3) is 11.6 Å². The summed E-state index contributed by atoms with van der Waals surface area (Å²) in [6.07, 6.45) is -4.46. The van der Waals surface area contributed by atoms with Crippen molar-refractivity contribution in [1.29, 1.82) is 0 Å². The Morgan fingerprint density at radius 3 is 2.54 bits per heavy atom. The molecule has 6 nitrogen and oxygen atoms in total. The molecule has 0 saturated heterocycles. The van der Waals surface area contributed by atoms with Crippen LogP contribution in [0.3, 0.4) is 0 Å². The van der Waals surface area contributed by atoms with Crippen LogP contribution >= 0.6 is 0 Å². The van der Waals surface area contributed by atoms with Crippen molar-refractivity contribution in [3.63, 3.8) is 0 Å². The Hall–Kier alpha value is -3.04. The number of amides is 1. The standard InChI is InChI=1S/C18H17F4N5O/c1-9-4-6-14(13(19)8-9)24-15(28)7-5-12-10(2)23-17-25-16(18(20,21)22)26-27(17)11(12)3/h4,6,8H,5,7H2,1-3H3,(H,24,28). The molecule has 0 fully saturated rings. The van der Waals surface area contributed by atoms with E-state index in [9.17, 15) is 22.4 Å². The van der Waals surface area contributed by atoms with E-state index in [1.807, 2.05) is 0 Å². The third kappa shape index (κ3) is 3.95. The van der Waals surface area contributed by atoms with Gasteiger partial charge in [-0.1, -0.05) is 6.07 Å². The van der Waals surface area contributed by atoms with Crippen molar-refractivity contribution in [3.8, 4) is 0 Å². The van der Waals surface area contributed by atoms with Crippen molar-refractivity contribution in [2.75, 3.05) is 5.32 Å². The molecule has 0 aliphatic carbocycles. The maximum atomic E-state index is 13.8. The van der Waals surface area contributed by atoms with Crippen LogP contribution in [0, 0.1) is 26.6 Å². The molecule has 0 atom stereocenters. The number of carbonyl (C=O) groups is 1. The van der Waals surface area contributed by atoms with Gasteiger partial charge >= 0.3 is 6.18 Å². The van der Waals surface area contributed by atoms with E-state index >= 15 is 0 Å². The summed E-state index contributed by atoms with van der Waals surface area (Å²) in [6, 6.07) is 4.46. The molecule has 28 heavy (non-hydrogen) atoms. The van der Waals surface area contributed by atoms with E-state index in [0.29, 0.717) is 17.0 Å². The number of hydrogen-bond donors (Lipinski definition) is 1. The number of benzene rings is 1. The number of nitrogens with zero attached hydrogens (tertiary/aromatic N) is 4. The normalized spacial score (nSPS) is 11.8. The van der Waals surface area contributed by atoms with Crippen LogP contribution in [0.4, 0.5) is 23.2 Å². The lowest BCUT2D eigenvalue weighted by Gasteiger charge is -2.11. The second-order valence-corrected chi connectivity index (χ2v) is 6.44. The van der Waals surface area contributed by atoms with Crippen LogP contribution in [0.5, 0.6) is 0 Å². The maximum absolute atomic E-state index is 13.8. The first-order valence-electron chi connectivity index (χ1n) is 8.42. The lowest BCUT2D eigenvalue weighted by molar-refractivity contribution is -0.144. The minimum atomic E-state index is -4.67. The van der Waals surface area contributed by atoms with Crippen molar-refractivity contribution >= 4 is 17.4 Å². The first-order chi connectivity index (χ1) is 13.1. The first-order valence-corrected chi connectivity index (χ1v) is 8.42. The maximum Gasteiger partial charge on any atom is 0.453 e. The molecular weight excluding hydrogens is 378 g/mol. The van der Waals surface area contributed by atoms with E-state index in [-0.39, 0.29) is 24.3 Å². The molecule has 0 saturated carbocycles. The summed E-state index contributed by atoms with van der Waals surface area (Å²) in [6.45, 7) is 4.95. The van der Waals surface area contributed by atoms with Crippen LogP contribution in [0.25, 0.3) is 5.78 Å². The second-order valence-electron chi connectivity index (χ2n) is 6.44. The summed E-state index contributed by atoms with van der Waals surface area (Å²) in [7, 11) is 0. The van der Waals surface area contributed by atoms with Gasteiger partial charge in [0.05, 0.1) is 5.69 Å². The van der Waals surface area contributed by atoms with Crippen molar-refractivity contribution < 1.29 is 22.4 Å². The van der Waals surface area contributed by atoms with E-state index in [2.05, 4.69) is 20.4 Å². The Kier molecular flexibility index (Phi) is 5.05. The van der Waals surface area contributed by atoms with E-state index < -0.39 is 23.7 Å². The van der Waals surface area contributed by atoms with Crippen LogP contribution in [-0.2, 0) is 17.4 Å². The molecule has 0 radical (unpaired) electrons. The highest BCUT2D eigenvalue weighted by molar-refractivity contribution is 5.91. The van der Waals surface area contributed by atoms with Gasteiger partial charge in [0, 0.05) is 17.8 Å². The van der Waals surface area contributed by atoms with Gasteiger partial charge in [-0.3, -0.25) is 4.79 Å². The van der Waals surface area contributed by atoms with Gasteiger partial charge in [0.1, 0.15) is 5.82 Å². The van der Waals surface area contributed by atoms with Crippen LogP contribution in [-0.4, -0.2) is 25.5 Å². The largest absolute Gasteiger partial charge is 0.453 e.